The van der Waals surface area contributed by atoms with Crippen molar-refractivity contribution in [2.24, 2.45) is 14.1 Å². The fourth-order valence-electron chi connectivity index (χ4n) is 0.658. The standard InChI is InChI=1S/C5H7N3O3.H2/c1-7-3(9)6-4(10)8(2)5(7)11;/h1-2H3,(H,6,9,10);1H. The van der Waals surface area contributed by atoms with Crippen molar-refractivity contribution in [3.8, 4) is 0 Å². The number of aromatic nitrogens is 3. The van der Waals surface area contributed by atoms with E-state index in [2.05, 4.69) is 0 Å². The van der Waals surface area contributed by atoms with E-state index < -0.39 is 17.1 Å². The van der Waals surface area contributed by atoms with Crippen LogP contribution in [0, 0.1) is 0 Å². The molecule has 6 nitrogen and oxygen atoms in total. The van der Waals surface area contributed by atoms with E-state index in [0.717, 1.165) is 9.13 Å². The Morgan fingerprint density at radius 1 is 1.09 bits per heavy atom. The minimum atomic E-state index is -0.696. The van der Waals surface area contributed by atoms with E-state index in [1.54, 1.807) is 0 Å². The molecule has 1 heterocycles. The van der Waals surface area contributed by atoms with E-state index in [0.29, 0.717) is 0 Å². The summed E-state index contributed by atoms with van der Waals surface area (Å²) in [6.07, 6.45) is 0. The third-order valence-electron chi connectivity index (χ3n) is 1.40. The maximum absolute atomic E-state index is 10.9. The van der Waals surface area contributed by atoms with Crippen LogP contribution in [-0.2, 0) is 14.1 Å². The highest BCUT2D eigenvalue weighted by atomic mass is 16.2. The van der Waals surface area contributed by atoms with Crippen molar-refractivity contribution in [1.29, 1.82) is 0 Å². The molecule has 0 aliphatic heterocycles. The largest absolute Gasteiger partial charge is 0.335 e. The van der Waals surface area contributed by atoms with Crippen molar-refractivity contribution in [3.05, 3.63) is 31.5 Å². The molecular formula is C5H9N3O3. The fraction of sp³-hybridized carbons (Fsp3) is 0.400. The molecule has 0 radical (unpaired) electrons. The van der Waals surface area contributed by atoms with Crippen molar-refractivity contribution >= 4 is 0 Å². The zero-order valence-electron chi connectivity index (χ0n) is 6.12. The number of hydrogen-bond donors (Lipinski definition) is 1. The van der Waals surface area contributed by atoms with Gasteiger partial charge in [0.05, 0.1) is 0 Å². The van der Waals surface area contributed by atoms with Gasteiger partial charge in [-0.25, -0.2) is 23.5 Å². The number of H-pyrrole nitrogens is 1. The van der Waals surface area contributed by atoms with Gasteiger partial charge in [0, 0.05) is 15.5 Å². The highest BCUT2D eigenvalue weighted by molar-refractivity contribution is 4.69. The Hall–Kier alpha value is -1.59. The topological polar surface area (TPSA) is 76.9 Å². The summed E-state index contributed by atoms with van der Waals surface area (Å²) in [5, 5.41) is 0. The molecule has 0 aliphatic rings. The number of nitrogens with zero attached hydrogens (tertiary/aromatic N) is 2. The lowest BCUT2D eigenvalue weighted by Gasteiger charge is -1.96. The quantitative estimate of drug-likeness (QED) is 0.476. The molecule has 0 saturated carbocycles. The van der Waals surface area contributed by atoms with Crippen LogP contribution in [0.25, 0.3) is 0 Å². The lowest BCUT2D eigenvalue weighted by atomic mass is 10.9. The van der Waals surface area contributed by atoms with Crippen LogP contribution in [0.1, 0.15) is 1.43 Å². The third kappa shape index (κ3) is 1.02. The highest BCUT2D eigenvalue weighted by Gasteiger charge is 1.99. The molecule has 62 valence electrons. The number of nitrogens with one attached hydrogen (secondary N) is 1. The molecule has 6 heteroatoms. The van der Waals surface area contributed by atoms with Crippen LogP contribution in [0.15, 0.2) is 14.4 Å². The van der Waals surface area contributed by atoms with Crippen LogP contribution in [-0.4, -0.2) is 14.1 Å². The summed E-state index contributed by atoms with van der Waals surface area (Å²) in [5.41, 5.74) is -2.02. The minimum absolute atomic E-state index is 0. The molecule has 0 fully saturated rings. The van der Waals surface area contributed by atoms with Gasteiger partial charge in [-0.15, -0.1) is 0 Å². The number of hydrogen-bond acceptors (Lipinski definition) is 3. The summed E-state index contributed by atoms with van der Waals surface area (Å²) in [4.78, 5) is 34.3. The average Bonchev–Trinajstić information content (AvgIpc) is 1.97. The van der Waals surface area contributed by atoms with Crippen LogP contribution >= 0.6 is 0 Å². The summed E-state index contributed by atoms with van der Waals surface area (Å²) < 4.78 is 1.64. The minimum Gasteiger partial charge on any atom is -0.259 e. The summed E-state index contributed by atoms with van der Waals surface area (Å²) in [6.45, 7) is 0. The van der Waals surface area contributed by atoms with Crippen molar-refractivity contribution in [2.75, 3.05) is 0 Å². The van der Waals surface area contributed by atoms with E-state index in [-0.39, 0.29) is 1.43 Å². The van der Waals surface area contributed by atoms with Gasteiger partial charge in [-0.2, -0.15) is 0 Å². The Labute approximate surface area is 62.2 Å². The maximum Gasteiger partial charge on any atom is 0.335 e. The molecule has 0 saturated heterocycles. The Kier molecular flexibility index (Phi) is 1.52. The SMILES string of the molecule is Cn1c(=O)[nH]c(=O)n(C)c1=O.[HH]. The van der Waals surface area contributed by atoms with Crippen molar-refractivity contribution in [3.63, 3.8) is 0 Å². The molecule has 0 unspecified atom stereocenters. The molecule has 1 aromatic heterocycles. The van der Waals surface area contributed by atoms with E-state index in [4.69, 9.17) is 0 Å². The first-order valence-corrected chi connectivity index (χ1v) is 2.90. The molecule has 1 rings (SSSR count). The zero-order chi connectivity index (χ0) is 8.59. The Balaban J connectivity index is 0.00000121. The molecule has 0 atom stereocenters. The number of rotatable bonds is 0. The molecule has 1 N–H and O–H groups in total. The van der Waals surface area contributed by atoms with Crippen LogP contribution in [0.2, 0.25) is 0 Å². The van der Waals surface area contributed by atoms with Gasteiger partial charge in [0.15, 0.2) is 0 Å². The predicted molar refractivity (Wildman–Crippen MR) is 39.7 cm³/mol. The summed E-state index contributed by atoms with van der Waals surface area (Å²) in [5.74, 6) is 0. The van der Waals surface area contributed by atoms with Gasteiger partial charge >= 0.3 is 17.1 Å². The lowest BCUT2D eigenvalue weighted by Crippen LogP contribution is -2.46. The molecule has 11 heavy (non-hydrogen) atoms. The number of aromatic amines is 1. The molecule has 0 aliphatic carbocycles. The van der Waals surface area contributed by atoms with E-state index in [9.17, 15) is 14.4 Å². The lowest BCUT2D eigenvalue weighted by molar-refractivity contribution is 0.619. The van der Waals surface area contributed by atoms with Crippen molar-refractivity contribution in [2.45, 2.75) is 0 Å². The van der Waals surface area contributed by atoms with E-state index in [1.165, 1.54) is 14.1 Å². The van der Waals surface area contributed by atoms with Gasteiger partial charge in [-0.1, -0.05) is 0 Å². The molecule has 1 aromatic rings. The Morgan fingerprint density at radius 2 is 1.45 bits per heavy atom. The van der Waals surface area contributed by atoms with Crippen molar-refractivity contribution in [1.82, 2.24) is 14.1 Å². The smallest absolute Gasteiger partial charge is 0.259 e. The monoisotopic (exact) mass is 159 g/mol. The molecule has 0 bridgehead atoms. The molecular weight excluding hydrogens is 150 g/mol. The van der Waals surface area contributed by atoms with Crippen LogP contribution < -0.4 is 17.1 Å². The highest BCUT2D eigenvalue weighted by Crippen LogP contribution is 1.52. The Morgan fingerprint density at radius 3 is 1.82 bits per heavy atom. The van der Waals surface area contributed by atoms with Gasteiger partial charge in [0.25, 0.3) is 0 Å². The summed E-state index contributed by atoms with van der Waals surface area (Å²) >= 11 is 0. The normalized spacial score (nSPS) is 10.0. The van der Waals surface area contributed by atoms with E-state index >= 15 is 0 Å². The summed E-state index contributed by atoms with van der Waals surface area (Å²) in [6, 6.07) is 0. The van der Waals surface area contributed by atoms with Crippen LogP contribution in [0.4, 0.5) is 0 Å². The first-order valence-electron chi connectivity index (χ1n) is 2.90. The van der Waals surface area contributed by atoms with Crippen molar-refractivity contribution < 1.29 is 1.43 Å². The zero-order valence-corrected chi connectivity index (χ0v) is 6.12. The predicted octanol–water partition coefficient (Wildman–Crippen LogP) is -1.98. The van der Waals surface area contributed by atoms with Crippen LogP contribution in [0.3, 0.4) is 0 Å². The van der Waals surface area contributed by atoms with Crippen LogP contribution in [0.5, 0.6) is 0 Å². The first kappa shape index (κ1) is 7.52. The second-order valence-electron chi connectivity index (χ2n) is 2.14. The summed E-state index contributed by atoms with van der Waals surface area (Å²) in [7, 11) is 2.58. The molecule has 0 spiro atoms. The fourth-order valence-corrected chi connectivity index (χ4v) is 0.658. The molecule has 0 aromatic carbocycles. The van der Waals surface area contributed by atoms with E-state index in [1.807, 2.05) is 4.98 Å². The van der Waals surface area contributed by atoms with Gasteiger partial charge < -0.3 is 0 Å². The van der Waals surface area contributed by atoms with Gasteiger partial charge in [0.1, 0.15) is 0 Å². The second-order valence-corrected chi connectivity index (χ2v) is 2.14. The second kappa shape index (κ2) is 2.22. The van der Waals surface area contributed by atoms with Gasteiger partial charge in [-0.05, 0) is 0 Å². The molecule has 0 amide bonds. The first-order chi connectivity index (χ1) is 5.04. The average molecular weight is 159 g/mol. The van der Waals surface area contributed by atoms with Gasteiger partial charge in [0.2, 0.25) is 0 Å². The maximum atomic E-state index is 10.9. The van der Waals surface area contributed by atoms with Gasteiger partial charge in [-0.3, -0.25) is 4.98 Å². The third-order valence-corrected chi connectivity index (χ3v) is 1.40. The Bertz CT molecular complexity index is 403.